The number of nitrogens with two attached hydrogens (primary N) is 2. The smallest absolute Gasteiger partial charge is 0.0181 e. The number of benzene rings is 3. The molecule has 0 aliphatic carbocycles. The van der Waals surface area contributed by atoms with Crippen molar-refractivity contribution in [3.63, 3.8) is 0 Å². The van der Waals surface area contributed by atoms with E-state index in [1.807, 2.05) is 60.7 Å². The molecular weight excluding hydrogens is 282 g/mol. The molecule has 116 valence electrons. The van der Waals surface area contributed by atoms with Crippen LogP contribution in [0.3, 0.4) is 0 Å². The molecule has 0 aliphatic heterocycles. The number of hydrogen-bond donors (Lipinski definition) is 2. The molecule has 0 saturated carbocycles. The number of rotatable bonds is 5. The summed E-state index contributed by atoms with van der Waals surface area (Å²) in [6.45, 7) is 0. The average Bonchev–Trinajstić information content (AvgIpc) is 2.63. The fourth-order valence-electron chi connectivity index (χ4n) is 2.53. The van der Waals surface area contributed by atoms with Gasteiger partial charge < -0.3 is 16.8 Å². The highest BCUT2D eigenvalue weighted by molar-refractivity contribution is 5.64. The lowest BCUT2D eigenvalue weighted by Gasteiger charge is -2.35. The van der Waals surface area contributed by atoms with Gasteiger partial charge in [-0.1, -0.05) is 108 Å². The predicted octanol–water partition coefficient (Wildman–Crippen LogP) is 4.34. The molecule has 0 aromatic heterocycles. The highest BCUT2D eigenvalue weighted by Crippen LogP contribution is 2.28. The zero-order valence-electron chi connectivity index (χ0n) is 12.8. The first-order chi connectivity index (χ1) is 11.2. The molecule has 0 aliphatic rings. The second-order valence-corrected chi connectivity index (χ2v) is 5.44. The van der Waals surface area contributed by atoms with Gasteiger partial charge in [-0.2, -0.15) is 0 Å². The number of hydrogen-bond acceptors (Lipinski definition) is 2. The van der Waals surface area contributed by atoms with Crippen molar-refractivity contribution in [3.05, 3.63) is 101 Å². The molecular formula is C20H20N3-. The van der Waals surface area contributed by atoms with E-state index < -0.39 is 12.3 Å². The van der Waals surface area contributed by atoms with Crippen molar-refractivity contribution in [2.24, 2.45) is 11.5 Å². The van der Waals surface area contributed by atoms with Crippen LogP contribution in [0, 0.1) is 0 Å². The fourth-order valence-corrected chi connectivity index (χ4v) is 2.53. The Kier molecular flexibility index (Phi) is 4.83. The summed E-state index contributed by atoms with van der Waals surface area (Å²) in [5.41, 5.74) is 16.6. The van der Waals surface area contributed by atoms with Crippen molar-refractivity contribution in [3.8, 4) is 11.1 Å². The maximum atomic E-state index is 6.23. The Hall–Kier alpha value is -2.46. The number of nitrogens with zero attached hydrogens (tertiary/aromatic N) is 1. The van der Waals surface area contributed by atoms with E-state index in [9.17, 15) is 0 Å². The molecule has 0 amide bonds. The summed E-state index contributed by atoms with van der Waals surface area (Å²) in [5, 5.41) is 4.51. The van der Waals surface area contributed by atoms with Gasteiger partial charge in [0.25, 0.3) is 0 Å². The summed E-state index contributed by atoms with van der Waals surface area (Å²) in [7, 11) is 0. The lowest BCUT2D eigenvalue weighted by molar-refractivity contribution is 0.723. The summed E-state index contributed by atoms with van der Waals surface area (Å²) >= 11 is 0. The van der Waals surface area contributed by atoms with Gasteiger partial charge in [0.15, 0.2) is 0 Å². The van der Waals surface area contributed by atoms with Gasteiger partial charge in [0.2, 0.25) is 0 Å². The molecule has 3 aromatic carbocycles. The molecule has 23 heavy (non-hydrogen) atoms. The van der Waals surface area contributed by atoms with Gasteiger partial charge in [-0.15, -0.1) is 0 Å². The van der Waals surface area contributed by atoms with Crippen LogP contribution in [0.4, 0.5) is 0 Å². The zero-order chi connectivity index (χ0) is 16.1. The zero-order valence-corrected chi connectivity index (χ0v) is 12.8. The molecule has 2 unspecified atom stereocenters. The van der Waals surface area contributed by atoms with Crippen molar-refractivity contribution in [2.75, 3.05) is 0 Å². The Labute approximate surface area is 137 Å². The molecule has 0 bridgehead atoms. The summed E-state index contributed by atoms with van der Waals surface area (Å²) < 4.78 is 0. The molecule has 0 heterocycles. The molecule has 2 atom stereocenters. The first-order valence-corrected chi connectivity index (χ1v) is 7.65. The van der Waals surface area contributed by atoms with E-state index in [1.54, 1.807) is 0 Å². The Balaban J connectivity index is 1.76. The van der Waals surface area contributed by atoms with Crippen LogP contribution in [-0.4, -0.2) is 0 Å². The van der Waals surface area contributed by atoms with Gasteiger partial charge in [-0.3, -0.25) is 0 Å². The van der Waals surface area contributed by atoms with Crippen LogP contribution in [0.25, 0.3) is 16.4 Å². The van der Waals surface area contributed by atoms with E-state index in [0.717, 1.165) is 22.3 Å². The van der Waals surface area contributed by atoms with Gasteiger partial charge in [0.05, 0.1) is 0 Å². The van der Waals surface area contributed by atoms with Gasteiger partial charge in [0, 0.05) is 0 Å². The van der Waals surface area contributed by atoms with Crippen molar-refractivity contribution < 1.29 is 0 Å². The minimum absolute atomic E-state index is 0.424. The van der Waals surface area contributed by atoms with E-state index in [1.165, 1.54) is 0 Å². The maximum absolute atomic E-state index is 6.23. The van der Waals surface area contributed by atoms with Crippen LogP contribution in [-0.2, 0) is 0 Å². The van der Waals surface area contributed by atoms with Gasteiger partial charge in [0.1, 0.15) is 0 Å². The molecule has 3 rings (SSSR count). The molecule has 4 N–H and O–H groups in total. The van der Waals surface area contributed by atoms with Gasteiger partial charge >= 0.3 is 0 Å². The molecule has 0 radical (unpaired) electrons. The summed E-state index contributed by atoms with van der Waals surface area (Å²) in [5.74, 6) is 0. The summed E-state index contributed by atoms with van der Waals surface area (Å²) in [4.78, 5) is 0. The predicted molar refractivity (Wildman–Crippen MR) is 95.5 cm³/mol. The summed E-state index contributed by atoms with van der Waals surface area (Å²) in [6.07, 6.45) is -0.875. The van der Waals surface area contributed by atoms with E-state index in [-0.39, 0.29) is 0 Å². The van der Waals surface area contributed by atoms with Crippen LogP contribution < -0.4 is 11.5 Å². The Morgan fingerprint density at radius 3 is 1.78 bits per heavy atom. The third-order valence-corrected chi connectivity index (χ3v) is 3.80. The second-order valence-electron chi connectivity index (χ2n) is 5.44. The van der Waals surface area contributed by atoms with E-state index in [4.69, 9.17) is 11.5 Å². The van der Waals surface area contributed by atoms with Crippen LogP contribution >= 0.6 is 0 Å². The monoisotopic (exact) mass is 302 g/mol. The minimum atomic E-state index is -0.450. The largest absolute Gasteiger partial charge is 0.625 e. The molecule has 0 spiro atoms. The van der Waals surface area contributed by atoms with E-state index >= 15 is 0 Å². The van der Waals surface area contributed by atoms with Gasteiger partial charge in [-0.25, -0.2) is 0 Å². The third kappa shape index (κ3) is 3.85. The SMILES string of the molecule is NC([N-]C(N)c1cccc(-c2ccccc2)c1)c1ccccc1. The maximum Gasteiger partial charge on any atom is -0.0181 e. The first-order valence-electron chi connectivity index (χ1n) is 7.65. The first kappa shape index (κ1) is 15.4. The standard InChI is InChI=1S/C20H20N3/c21-19(16-10-5-2-6-11-16)23-20(22)18-13-7-12-17(14-18)15-8-3-1-4-9-15/h1-14,19-20H,21-22H2/q-1. The molecule has 0 fully saturated rings. The Bertz CT molecular complexity index is 741. The average molecular weight is 302 g/mol. The van der Waals surface area contributed by atoms with Crippen molar-refractivity contribution >= 4 is 0 Å². The van der Waals surface area contributed by atoms with Crippen molar-refractivity contribution in [2.45, 2.75) is 12.3 Å². The van der Waals surface area contributed by atoms with Crippen LogP contribution in [0.15, 0.2) is 84.9 Å². The normalized spacial score (nSPS) is 13.5. The third-order valence-electron chi connectivity index (χ3n) is 3.80. The van der Waals surface area contributed by atoms with Crippen molar-refractivity contribution in [1.82, 2.24) is 0 Å². The fraction of sp³-hybridized carbons (Fsp3) is 0.100. The quantitative estimate of drug-likeness (QED) is 0.736. The van der Waals surface area contributed by atoms with Crippen LogP contribution in [0.5, 0.6) is 0 Å². The molecule has 0 saturated heterocycles. The van der Waals surface area contributed by atoms with E-state index in [0.29, 0.717) is 0 Å². The lowest BCUT2D eigenvalue weighted by Crippen LogP contribution is -2.17. The Morgan fingerprint density at radius 1 is 0.565 bits per heavy atom. The van der Waals surface area contributed by atoms with Crippen LogP contribution in [0.1, 0.15) is 23.5 Å². The van der Waals surface area contributed by atoms with Crippen LogP contribution in [0.2, 0.25) is 0 Å². The van der Waals surface area contributed by atoms with E-state index in [2.05, 4.69) is 29.6 Å². The highest BCUT2D eigenvalue weighted by atomic mass is 15.1. The molecule has 3 nitrogen and oxygen atoms in total. The lowest BCUT2D eigenvalue weighted by atomic mass is 10.0. The highest BCUT2D eigenvalue weighted by Gasteiger charge is 2.03. The Morgan fingerprint density at radius 2 is 1.09 bits per heavy atom. The second kappa shape index (κ2) is 7.20. The summed E-state index contributed by atoms with van der Waals surface area (Å²) in [6, 6.07) is 28.1. The molecule has 3 heteroatoms. The minimum Gasteiger partial charge on any atom is -0.625 e. The molecule has 3 aromatic rings. The van der Waals surface area contributed by atoms with Crippen molar-refractivity contribution in [1.29, 1.82) is 0 Å². The van der Waals surface area contributed by atoms with Gasteiger partial charge in [-0.05, 0) is 11.1 Å². The topological polar surface area (TPSA) is 66.1 Å².